The largest absolute Gasteiger partial charge is 0.458 e. The summed E-state index contributed by atoms with van der Waals surface area (Å²) >= 11 is 0. The summed E-state index contributed by atoms with van der Waals surface area (Å²) in [6, 6.07) is 14.3. The van der Waals surface area contributed by atoms with E-state index in [0.717, 1.165) is 10.9 Å². The Morgan fingerprint density at radius 3 is 2.62 bits per heavy atom. The summed E-state index contributed by atoms with van der Waals surface area (Å²) in [5.74, 6) is -0.0984. The third kappa shape index (κ3) is 4.02. The predicted molar refractivity (Wildman–Crippen MR) is 103 cm³/mol. The van der Waals surface area contributed by atoms with Gasteiger partial charge in [0.25, 0.3) is 0 Å². The van der Waals surface area contributed by atoms with Gasteiger partial charge in [0.05, 0.1) is 6.54 Å². The fourth-order valence-electron chi connectivity index (χ4n) is 2.98. The highest BCUT2D eigenvalue weighted by Crippen LogP contribution is 2.32. The van der Waals surface area contributed by atoms with Crippen molar-refractivity contribution in [2.24, 2.45) is 0 Å². The number of carbonyl (C=O) groups excluding carboxylic acids is 2. The molecule has 0 bridgehead atoms. The lowest BCUT2D eigenvalue weighted by Crippen LogP contribution is -2.45. The van der Waals surface area contributed by atoms with Crippen LogP contribution in [-0.4, -0.2) is 30.3 Å². The Balaban J connectivity index is 1.31. The summed E-state index contributed by atoms with van der Waals surface area (Å²) in [5.41, 5.74) is -0.0630. The number of ether oxygens (including phenoxy) is 2. The molecule has 1 aliphatic rings. The Bertz CT molecular complexity index is 1040. The summed E-state index contributed by atoms with van der Waals surface area (Å²) in [6.07, 6.45) is 0. The molecule has 8 nitrogen and oxygen atoms in total. The first-order valence-corrected chi connectivity index (χ1v) is 9.08. The Kier molecular flexibility index (Phi) is 4.85. The van der Waals surface area contributed by atoms with Crippen molar-refractivity contribution < 1.29 is 28.6 Å². The number of para-hydroxylation sites is 1. The van der Waals surface area contributed by atoms with Crippen molar-refractivity contribution in [2.45, 2.75) is 19.1 Å². The lowest BCUT2D eigenvalue weighted by Gasteiger charge is -2.20. The average Bonchev–Trinajstić information content (AvgIpc) is 3.36. The van der Waals surface area contributed by atoms with E-state index in [1.807, 2.05) is 18.2 Å². The molecule has 29 heavy (non-hydrogen) atoms. The van der Waals surface area contributed by atoms with Crippen LogP contribution in [0.25, 0.3) is 11.0 Å². The lowest BCUT2D eigenvalue weighted by molar-refractivity contribution is -0.140. The van der Waals surface area contributed by atoms with E-state index in [1.54, 1.807) is 30.3 Å². The minimum atomic E-state index is -1.47. The van der Waals surface area contributed by atoms with Gasteiger partial charge < -0.3 is 29.6 Å². The highest BCUT2D eigenvalue weighted by Gasteiger charge is 2.29. The van der Waals surface area contributed by atoms with Crippen LogP contribution in [0.15, 0.2) is 52.9 Å². The van der Waals surface area contributed by atoms with Gasteiger partial charge in [-0.25, -0.2) is 0 Å². The zero-order valence-electron chi connectivity index (χ0n) is 15.7. The van der Waals surface area contributed by atoms with Crippen molar-refractivity contribution in [3.8, 4) is 11.5 Å². The number of fused-ring (bicyclic) bond motifs is 2. The van der Waals surface area contributed by atoms with E-state index in [2.05, 4.69) is 10.6 Å². The molecular weight excluding hydrogens is 376 g/mol. The summed E-state index contributed by atoms with van der Waals surface area (Å²) in [5, 5.41) is 16.5. The van der Waals surface area contributed by atoms with Crippen LogP contribution in [-0.2, 0) is 21.7 Å². The van der Waals surface area contributed by atoms with Gasteiger partial charge in [0.15, 0.2) is 11.5 Å². The first-order chi connectivity index (χ1) is 13.9. The van der Waals surface area contributed by atoms with Crippen LogP contribution < -0.4 is 20.1 Å². The third-order valence-electron chi connectivity index (χ3n) is 4.65. The van der Waals surface area contributed by atoms with Gasteiger partial charge in [-0.1, -0.05) is 24.3 Å². The molecule has 0 spiro atoms. The lowest BCUT2D eigenvalue weighted by atomic mass is 10.0. The molecule has 0 aliphatic carbocycles. The fraction of sp³-hybridized carbons (Fsp3) is 0.238. The number of aliphatic hydroxyl groups is 1. The molecule has 0 radical (unpaired) electrons. The summed E-state index contributed by atoms with van der Waals surface area (Å²) in [7, 11) is 0. The maximum Gasteiger partial charge on any atom is 0.309 e. The standard InChI is InChI=1S/C21H20N2O6/c1-21(26,18-9-14-4-2-3-5-15(14)29-18)11-23-20(25)19(24)22-10-13-6-7-16-17(8-13)28-12-27-16/h2-9,26H,10-12H2,1H3,(H,22,24)(H,23,25). The van der Waals surface area contributed by atoms with Gasteiger partial charge in [-0.3, -0.25) is 9.59 Å². The molecule has 1 aliphatic heterocycles. The number of hydrogen-bond donors (Lipinski definition) is 3. The summed E-state index contributed by atoms with van der Waals surface area (Å²) < 4.78 is 16.2. The van der Waals surface area contributed by atoms with Crippen LogP contribution in [0.1, 0.15) is 18.2 Å². The van der Waals surface area contributed by atoms with Gasteiger partial charge in [0.1, 0.15) is 16.9 Å². The fourth-order valence-corrected chi connectivity index (χ4v) is 2.98. The maximum atomic E-state index is 12.1. The second-order valence-corrected chi connectivity index (χ2v) is 6.98. The topological polar surface area (TPSA) is 110 Å². The Labute approximate surface area is 166 Å². The van der Waals surface area contributed by atoms with Crippen molar-refractivity contribution in [1.82, 2.24) is 10.6 Å². The number of furan rings is 1. The third-order valence-corrected chi connectivity index (χ3v) is 4.65. The molecule has 3 N–H and O–H groups in total. The van der Waals surface area contributed by atoms with E-state index >= 15 is 0 Å². The molecule has 1 aromatic heterocycles. The van der Waals surface area contributed by atoms with Crippen LogP contribution in [0, 0.1) is 0 Å². The van der Waals surface area contributed by atoms with E-state index in [0.29, 0.717) is 22.8 Å². The van der Waals surface area contributed by atoms with Crippen molar-refractivity contribution in [3.05, 3.63) is 59.9 Å². The smallest absolute Gasteiger partial charge is 0.309 e. The van der Waals surface area contributed by atoms with Crippen LogP contribution in [0.2, 0.25) is 0 Å². The number of nitrogens with one attached hydrogen (secondary N) is 2. The molecule has 0 saturated carbocycles. The zero-order valence-corrected chi connectivity index (χ0v) is 15.7. The number of hydrogen-bond acceptors (Lipinski definition) is 6. The molecule has 8 heteroatoms. The molecule has 0 saturated heterocycles. The van der Waals surface area contributed by atoms with Gasteiger partial charge in [-0.15, -0.1) is 0 Å². The maximum absolute atomic E-state index is 12.1. The summed E-state index contributed by atoms with van der Waals surface area (Å²) in [6.45, 7) is 1.65. The van der Waals surface area contributed by atoms with E-state index in [1.165, 1.54) is 6.92 Å². The van der Waals surface area contributed by atoms with Gasteiger partial charge in [0.2, 0.25) is 6.79 Å². The first kappa shape index (κ1) is 18.8. The molecule has 0 fully saturated rings. The second kappa shape index (κ2) is 7.48. The van der Waals surface area contributed by atoms with Crippen LogP contribution in [0.5, 0.6) is 11.5 Å². The second-order valence-electron chi connectivity index (χ2n) is 6.98. The van der Waals surface area contributed by atoms with E-state index in [9.17, 15) is 14.7 Å². The average molecular weight is 396 g/mol. The minimum Gasteiger partial charge on any atom is -0.458 e. The van der Waals surface area contributed by atoms with Crippen molar-refractivity contribution in [2.75, 3.05) is 13.3 Å². The highest BCUT2D eigenvalue weighted by atomic mass is 16.7. The number of amides is 2. The molecule has 2 heterocycles. The molecule has 150 valence electrons. The predicted octanol–water partition coefficient (Wildman–Crippen LogP) is 1.80. The summed E-state index contributed by atoms with van der Waals surface area (Å²) in [4.78, 5) is 24.2. The van der Waals surface area contributed by atoms with E-state index < -0.39 is 17.4 Å². The molecule has 2 aromatic carbocycles. The highest BCUT2D eigenvalue weighted by molar-refractivity contribution is 6.35. The van der Waals surface area contributed by atoms with Crippen molar-refractivity contribution >= 4 is 22.8 Å². The zero-order chi connectivity index (χ0) is 20.4. The molecule has 3 aromatic rings. The quantitative estimate of drug-likeness (QED) is 0.568. The van der Waals surface area contributed by atoms with Crippen molar-refractivity contribution in [1.29, 1.82) is 0 Å². The molecule has 2 amide bonds. The van der Waals surface area contributed by atoms with Crippen LogP contribution in [0.3, 0.4) is 0 Å². The Morgan fingerprint density at radius 2 is 1.79 bits per heavy atom. The molecule has 4 rings (SSSR count). The SMILES string of the molecule is CC(O)(CNC(=O)C(=O)NCc1ccc2c(c1)OCO2)c1cc2ccccc2o1. The molecular formula is C21H20N2O6. The van der Waals surface area contributed by atoms with Gasteiger partial charge in [0, 0.05) is 11.9 Å². The van der Waals surface area contributed by atoms with Crippen LogP contribution in [0.4, 0.5) is 0 Å². The molecule has 1 atom stereocenters. The van der Waals surface area contributed by atoms with Crippen molar-refractivity contribution in [3.63, 3.8) is 0 Å². The van der Waals surface area contributed by atoms with Crippen LogP contribution >= 0.6 is 0 Å². The first-order valence-electron chi connectivity index (χ1n) is 9.08. The molecule has 1 unspecified atom stereocenters. The number of benzene rings is 2. The van der Waals surface area contributed by atoms with Gasteiger partial charge >= 0.3 is 11.8 Å². The van der Waals surface area contributed by atoms with E-state index in [-0.39, 0.29) is 19.9 Å². The van der Waals surface area contributed by atoms with Gasteiger partial charge in [-0.2, -0.15) is 0 Å². The monoisotopic (exact) mass is 396 g/mol. The number of carbonyl (C=O) groups is 2. The van der Waals surface area contributed by atoms with Gasteiger partial charge in [-0.05, 0) is 36.8 Å². The van der Waals surface area contributed by atoms with E-state index in [4.69, 9.17) is 13.9 Å². The Morgan fingerprint density at radius 1 is 1.03 bits per heavy atom. The number of rotatable bonds is 5. The minimum absolute atomic E-state index is 0.156. The normalized spacial score (nSPS) is 14.4. The Hall–Kier alpha value is -3.52.